The Morgan fingerprint density at radius 2 is 2.14 bits per heavy atom. The molecule has 2 heterocycles. The zero-order valence-electron chi connectivity index (χ0n) is 11.9. The number of aryl methyl sites for hydroxylation is 2. The van der Waals surface area contributed by atoms with E-state index in [1.54, 1.807) is 32.1 Å². The fraction of sp³-hybridized carbons (Fsp3) is 0.385. The monoisotopic (exact) mass is 344 g/mol. The van der Waals surface area contributed by atoms with E-state index in [1.807, 2.05) is 17.5 Å². The van der Waals surface area contributed by atoms with Gasteiger partial charge in [-0.05, 0) is 31.7 Å². The summed E-state index contributed by atoms with van der Waals surface area (Å²) in [5.74, 6) is -0.901. The summed E-state index contributed by atoms with van der Waals surface area (Å²) in [6.07, 6.45) is 0.528. The van der Waals surface area contributed by atoms with Crippen LogP contribution in [0.5, 0.6) is 0 Å². The molecule has 2 aromatic rings. The third-order valence-corrected chi connectivity index (χ3v) is 6.80. The van der Waals surface area contributed by atoms with Gasteiger partial charge in [-0.25, -0.2) is 18.1 Å². The van der Waals surface area contributed by atoms with Gasteiger partial charge in [0.05, 0.1) is 10.7 Å². The normalized spacial score (nSPS) is 13.1. The van der Waals surface area contributed by atoms with Crippen LogP contribution in [0.25, 0.3) is 0 Å². The van der Waals surface area contributed by atoms with Crippen molar-refractivity contribution in [2.45, 2.75) is 31.4 Å². The van der Waals surface area contributed by atoms with Crippen molar-refractivity contribution < 1.29 is 13.2 Å². The van der Waals surface area contributed by atoms with E-state index in [-0.39, 0.29) is 4.21 Å². The molecule has 0 bridgehead atoms. The smallest absolute Gasteiger partial charge is 0.274 e. The molecule has 2 rings (SSSR count). The lowest BCUT2D eigenvalue weighted by Gasteiger charge is -2.11. The minimum Gasteiger partial charge on any atom is -0.274 e. The van der Waals surface area contributed by atoms with Gasteiger partial charge in [0.2, 0.25) is 5.91 Å². The molecule has 2 aromatic heterocycles. The van der Waals surface area contributed by atoms with Crippen LogP contribution in [0, 0.1) is 19.8 Å². The van der Waals surface area contributed by atoms with Crippen LogP contribution in [-0.4, -0.2) is 19.3 Å². The quantitative estimate of drug-likeness (QED) is 0.904. The molecular formula is C13H16N2O3S3. The van der Waals surface area contributed by atoms with E-state index in [1.165, 1.54) is 0 Å². The molecular weight excluding hydrogens is 328 g/mol. The fourth-order valence-corrected chi connectivity index (χ4v) is 5.26. The summed E-state index contributed by atoms with van der Waals surface area (Å²) in [6, 6.07) is 3.84. The first kappa shape index (κ1) is 16.1. The van der Waals surface area contributed by atoms with Gasteiger partial charge in [-0.1, -0.05) is 13.0 Å². The maximum atomic E-state index is 12.2. The second-order valence-electron chi connectivity index (χ2n) is 4.76. The van der Waals surface area contributed by atoms with Crippen molar-refractivity contribution in [2.75, 3.05) is 0 Å². The van der Waals surface area contributed by atoms with Gasteiger partial charge >= 0.3 is 0 Å². The van der Waals surface area contributed by atoms with Crippen molar-refractivity contribution in [1.82, 2.24) is 9.71 Å². The number of hydrogen-bond donors (Lipinski definition) is 1. The first-order valence-corrected chi connectivity index (χ1v) is 9.50. The predicted octanol–water partition coefficient (Wildman–Crippen LogP) is 2.51. The maximum Gasteiger partial charge on any atom is 0.275 e. The molecule has 0 aliphatic carbocycles. The molecule has 0 aliphatic heterocycles. The number of amides is 1. The third-order valence-electron chi connectivity index (χ3n) is 2.88. The molecule has 1 atom stereocenters. The average Bonchev–Trinajstić information content (AvgIpc) is 2.98. The van der Waals surface area contributed by atoms with Gasteiger partial charge in [-0.3, -0.25) is 4.79 Å². The van der Waals surface area contributed by atoms with Crippen LogP contribution in [0.15, 0.2) is 21.7 Å². The standard InChI is InChI=1S/C13H16N2O3S3/c1-8(7-11-5-4-6-19-11)12(16)15-21(17,18)13-9(2)14-10(3)20-13/h4-6,8H,7H2,1-3H3,(H,15,16). The lowest BCUT2D eigenvalue weighted by molar-refractivity contribution is -0.122. The lowest BCUT2D eigenvalue weighted by Crippen LogP contribution is -2.35. The number of thiazole rings is 1. The summed E-state index contributed by atoms with van der Waals surface area (Å²) < 4.78 is 26.7. The van der Waals surface area contributed by atoms with Crippen molar-refractivity contribution in [1.29, 1.82) is 0 Å². The number of sulfonamides is 1. The van der Waals surface area contributed by atoms with Gasteiger partial charge in [0.15, 0.2) is 4.21 Å². The second-order valence-corrected chi connectivity index (χ2v) is 8.87. The molecule has 0 fully saturated rings. The number of carbonyl (C=O) groups excluding carboxylic acids is 1. The molecule has 114 valence electrons. The molecule has 0 aromatic carbocycles. The SMILES string of the molecule is Cc1nc(C)c(S(=O)(=O)NC(=O)C(C)Cc2cccs2)s1. The van der Waals surface area contributed by atoms with E-state index in [0.717, 1.165) is 16.2 Å². The summed E-state index contributed by atoms with van der Waals surface area (Å²) in [7, 11) is -3.83. The Labute approximate surface area is 132 Å². The number of aromatic nitrogens is 1. The van der Waals surface area contributed by atoms with Crippen molar-refractivity contribution in [3.05, 3.63) is 33.1 Å². The first-order chi connectivity index (χ1) is 9.79. The number of rotatable bonds is 5. The first-order valence-electron chi connectivity index (χ1n) is 6.32. The van der Waals surface area contributed by atoms with Gasteiger partial charge in [-0.15, -0.1) is 22.7 Å². The fourth-order valence-electron chi connectivity index (χ4n) is 1.86. The van der Waals surface area contributed by atoms with E-state index in [0.29, 0.717) is 17.1 Å². The van der Waals surface area contributed by atoms with Gasteiger partial charge in [0.1, 0.15) is 0 Å². The molecule has 8 heteroatoms. The molecule has 0 saturated heterocycles. The molecule has 5 nitrogen and oxygen atoms in total. The van der Waals surface area contributed by atoms with Crippen LogP contribution in [0.1, 0.15) is 22.5 Å². The summed E-state index contributed by atoms with van der Waals surface area (Å²) in [4.78, 5) is 17.2. The molecule has 1 unspecified atom stereocenters. The van der Waals surface area contributed by atoms with E-state index in [9.17, 15) is 13.2 Å². The second kappa shape index (κ2) is 6.25. The highest BCUT2D eigenvalue weighted by Crippen LogP contribution is 2.23. The minimum absolute atomic E-state index is 0.108. The van der Waals surface area contributed by atoms with Crippen LogP contribution < -0.4 is 4.72 Å². The Bertz CT molecular complexity index is 733. The third kappa shape index (κ3) is 3.90. The number of carbonyl (C=O) groups is 1. The Morgan fingerprint density at radius 1 is 1.43 bits per heavy atom. The zero-order chi connectivity index (χ0) is 15.6. The largest absolute Gasteiger partial charge is 0.275 e. The van der Waals surface area contributed by atoms with Crippen LogP contribution in [-0.2, 0) is 21.2 Å². The van der Waals surface area contributed by atoms with Gasteiger partial charge in [0.25, 0.3) is 10.0 Å². The summed E-state index contributed by atoms with van der Waals surface area (Å²) in [6.45, 7) is 5.07. The van der Waals surface area contributed by atoms with Gasteiger partial charge < -0.3 is 0 Å². The molecule has 1 N–H and O–H groups in total. The maximum absolute atomic E-state index is 12.2. The van der Waals surface area contributed by atoms with Crippen LogP contribution in [0.3, 0.4) is 0 Å². The van der Waals surface area contributed by atoms with E-state index >= 15 is 0 Å². The zero-order valence-corrected chi connectivity index (χ0v) is 14.4. The topological polar surface area (TPSA) is 76.1 Å². The summed E-state index contributed by atoms with van der Waals surface area (Å²) in [5.41, 5.74) is 0.420. The van der Waals surface area contributed by atoms with E-state index in [2.05, 4.69) is 9.71 Å². The Balaban J connectivity index is 2.09. The van der Waals surface area contributed by atoms with Crippen molar-refractivity contribution in [3.63, 3.8) is 0 Å². The van der Waals surface area contributed by atoms with Crippen molar-refractivity contribution in [3.8, 4) is 0 Å². The van der Waals surface area contributed by atoms with Crippen LogP contribution in [0.2, 0.25) is 0 Å². The highest BCUT2D eigenvalue weighted by Gasteiger charge is 2.25. The summed E-state index contributed by atoms with van der Waals surface area (Å²) >= 11 is 2.62. The average molecular weight is 344 g/mol. The van der Waals surface area contributed by atoms with Crippen LogP contribution >= 0.6 is 22.7 Å². The molecule has 0 radical (unpaired) electrons. The number of thiophene rings is 1. The van der Waals surface area contributed by atoms with Gasteiger partial charge in [0, 0.05) is 10.8 Å². The Morgan fingerprint density at radius 3 is 2.67 bits per heavy atom. The number of nitrogens with one attached hydrogen (secondary N) is 1. The lowest BCUT2D eigenvalue weighted by atomic mass is 10.1. The number of hydrogen-bond acceptors (Lipinski definition) is 6. The van der Waals surface area contributed by atoms with Crippen molar-refractivity contribution >= 4 is 38.6 Å². The number of nitrogens with zero attached hydrogens (tertiary/aromatic N) is 1. The van der Waals surface area contributed by atoms with E-state index in [4.69, 9.17) is 0 Å². The van der Waals surface area contributed by atoms with Crippen molar-refractivity contribution in [2.24, 2.45) is 5.92 Å². The molecule has 1 amide bonds. The Hall–Kier alpha value is -1.25. The highest BCUT2D eigenvalue weighted by atomic mass is 32.2. The van der Waals surface area contributed by atoms with E-state index < -0.39 is 21.8 Å². The van der Waals surface area contributed by atoms with Gasteiger partial charge in [-0.2, -0.15) is 0 Å². The minimum atomic E-state index is -3.83. The predicted molar refractivity (Wildman–Crippen MR) is 84.1 cm³/mol. The van der Waals surface area contributed by atoms with Crippen LogP contribution in [0.4, 0.5) is 0 Å². The molecule has 0 spiro atoms. The summed E-state index contributed by atoms with van der Waals surface area (Å²) in [5, 5.41) is 2.59. The molecule has 21 heavy (non-hydrogen) atoms. The Kier molecular flexibility index (Phi) is 4.80. The highest BCUT2D eigenvalue weighted by molar-refractivity contribution is 7.92. The molecule has 0 aliphatic rings. The molecule has 0 saturated carbocycles.